The Morgan fingerprint density at radius 2 is 2.42 bits per heavy atom. The quantitative estimate of drug-likeness (QED) is 0.680. The molecule has 0 radical (unpaired) electrons. The molecular weight excluding hydrogens is 157 g/mol. The molecule has 0 aliphatic heterocycles. The summed E-state index contributed by atoms with van der Waals surface area (Å²) in [5.41, 5.74) is 5.82. The lowest BCUT2D eigenvalue weighted by Gasteiger charge is -2.02. The second-order valence-electron chi connectivity index (χ2n) is 2.33. The minimum atomic E-state index is -0.711. The van der Waals surface area contributed by atoms with Crippen molar-refractivity contribution in [2.24, 2.45) is 0 Å². The van der Waals surface area contributed by atoms with Gasteiger partial charge in [0.1, 0.15) is 6.07 Å². The molecule has 0 fully saturated rings. The third kappa shape index (κ3) is 1.21. The number of nitrogens with zero attached hydrogens (tertiary/aromatic N) is 2. The second kappa shape index (κ2) is 3.18. The molecule has 0 unspecified atom stereocenters. The van der Waals surface area contributed by atoms with E-state index in [1.807, 2.05) is 6.92 Å². The highest BCUT2D eigenvalue weighted by Crippen LogP contribution is 2.17. The Balaban J connectivity index is 3.32. The summed E-state index contributed by atoms with van der Waals surface area (Å²) in [6.45, 7) is 1.85. The first kappa shape index (κ1) is 8.47. The molecule has 1 aromatic rings. The van der Waals surface area contributed by atoms with E-state index >= 15 is 0 Å². The summed E-state index contributed by atoms with van der Waals surface area (Å²) in [5.74, 6) is -0.711. The maximum absolute atomic E-state index is 13.0. The molecule has 1 aromatic heterocycles. The molecule has 0 aliphatic carbocycles. The molecule has 0 aromatic carbocycles. The van der Waals surface area contributed by atoms with Crippen LogP contribution in [0, 0.1) is 17.1 Å². The summed E-state index contributed by atoms with van der Waals surface area (Å²) in [5, 5.41) is 8.40. The molecule has 0 bridgehead atoms. The van der Waals surface area contributed by atoms with Gasteiger partial charge in [0.2, 0.25) is 0 Å². The molecule has 0 saturated carbocycles. The van der Waals surface area contributed by atoms with Crippen molar-refractivity contribution in [3.63, 3.8) is 0 Å². The molecule has 0 amide bonds. The fourth-order valence-corrected chi connectivity index (χ4v) is 0.897. The van der Waals surface area contributed by atoms with Crippen LogP contribution in [0.1, 0.15) is 18.2 Å². The van der Waals surface area contributed by atoms with Gasteiger partial charge in [-0.05, 0) is 12.0 Å². The highest BCUT2D eigenvalue weighted by Gasteiger charge is 2.09. The zero-order valence-electron chi connectivity index (χ0n) is 6.63. The van der Waals surface area contributed by atoms with Gasteiger partial charge in [0.05, 0.1) is 5.69 Å². The number of hydrogen-bond acceptors (Lipinski definition) is 3. The molecule has 4 heteroatoms. The van der Waals surface area contributed by atoms with Gasteiger partial charge < -0.3 is 5.73 Å². The predicted octanol–water partition coefficient (Wildman–Crippen LogP) is 1.24. The molecule has 0 atom stereocenters. The van der Waals surface area contributed by atoms with Crippen molar-refractivity contribution in [2.75, 3.05) is 5.73 Å². The zero-order valence-corrected chi connectivity index (χ0v) is 6.63. The van der Waals surface area contributed by atoms with Gasteiger partial charge in [0.25, 0.3) is 0 Å². The Hall–Kier alpha value is -1.63. The number of rotatable bonds is 1. The van der Waals surface area contributed by atoms with Crippen molar-refractivity contribution >= 4 is 5.69 Å². The van der Waals surface area contributed by atoms with E-state index < -0.39 is 5.82 Å². The van der Waals surface area contributed by atoms with Crippen molar-refractivity contribution in [3.8, 4) is 6.07 Å². The van der Waals surface area contributed by atoms with E-state index in [2.05, 4.69) is 4.98 Å². The van der Waals surface area contributed by atoms with Crippen molar-refractivity contribution in [1.29, 1.82) is 5.26 Å². The number of aromatic nitrogens is 1. The summed E-state index contributed by atoms with van der Waals surface area (Å²) in [6.07, 6.45) is 2.04. The number of nitriles is 1. The number of aryl methyl sites for hydroxylation is 1. The van der Waals surface area contributed by atoms with Crippen LogP contribution in [0.2, 0.25) is 0 Å². The van der Waals surface area contributed by atoms with E-state index in [0.717, 1.165) is 0 Å². The van der Waals surface area contributed by atoms with Gasteiger partial charge >= 0.3 is 0 Å². The number of anilines is 1. The van der Waals surface area contributed by atoms with E-state index in [1.165, 1.54) is 6.20 Å². The lowest BCUT2D eigenvalue weighted by Crippen LogP contribution is -2.01. The van der Waals surface area contributed by atoms with Crippen LogP contribution in [0.15, 0.2) is 6.20 Å². The fourth-order valence-electron chi connectivity index (χ4n) is 0.897. The normalized spacial score (nSPS) is 9.42. The van der Waals surface area contributed by atoms with E-state index in [-0.39, 0.29) is 11.4 Å². The Kier molecular flexibility index (Phi) is 2.24. The average Bonchev–Trinajstić information content (AvgIpc) is 2.10. The van der Waals surface area contributed by atoms with Crippen molar-refractivity contribution < 1.29 is 4.39 Å². The van der Waals surface area contributed by atoms with Crippen molar-refractivity contribution in [2.45, 2.75) is 13.3 Å². The largest absolute Gasteiger partial charge is 0.396 e. The predicted molar refractivity (Wildman–Crippen MR) is 42.7 cm³/mol. The lowest BCUT2D eigenvalue weighted by molar-refractivity contribution is 0.619. The van der Waals surface area contributed by atoms with Crippen LogP contribution in [0.3, 0.4) is 0 Å². The van der Waals surface area contributed by atoms with E-state index in [1.54, 1.807) is 6.07 Å². The monoisotopic (exact) mass is 165 g/mol. The maximum Gasteiger partial charge on any atom is 0.182 e. The Morgan fingerprint density at radius 1 is 1.75 bits per heavy atom. The van der Waals surface area contributed by atoms with Crippen molar-refractivity contribution in [3.05, 3.63) is 23.3 Å². The zero-order chi connectivity index (χ0) is 9.14. The van der Waals surface area contributed by atoms with Crippen LogP contribution in [0.4, 0.5) is 10.1 Å². The van der Waals surface area contributed by atoms with Crippen LogP contribution >= 0.6 is 0 Å². The summed E-state index contributed by atoms with van der Waals surface area (Å²) < 4.78 is 13.0. The second-order valence-corrected chi connectivity index (χ2v) is 2.33. The molecule has 62 valence electrons. The van der Waals surface area contributed by atoms with Gasteiger partial charge in [-0.3, -0.25) is 0 Å². The topological polar surface area (TPSA) is 62.7 Å². The van der Waals surface area contributed by atoms with E-state index in [9.17, 15) is 4.39 Å². The van der Waals surface area contributed by atoms with E-state index in [4.69, 9.17) is 11.0 Å². The molecule has 0 aliphatic rings. The van der Waals surface area contributed by atoms with Gasteiger partial charge in [0.15, 0.2) is 11.5 Å². The van der Waals surface area contributed by atoms with Crippen LogP contribution in [-0.4, -0.2) is 4.98 Å². The van der Waals surface area contributed by atoms with Gasteiger partial charge in [0, 0.05) is 6.20 Å². The third-order valence-corrected chi connectivity index (χ3v) is 1.63. The highest BCUT2D eigenvalue weighted by atomic mass is 19.1. The first-order valence-electron chi connectivity index (χ1n) is 3.53. The molecule has 0 spiro atoms. The molecule has 1 rings (SSSR count). The summed E-state index contributed by atoms with van der Waals surface area (Å²) >= 11 is 0. The van der Waals surface area contributed by atoms with E-state index in [0.29, 0.717) is 12.0 Å². The van der Waals surface area contributed by atoms with Gasteiger partial charge in [-0.15, -0.1) is 0 Å². The molecule has 3 nitrogen and oxygen atoms in total. The minimum Gasteiger partial charge on any atom is -0.396 e. The standard InChI is InChI=1S/C8H8FN3/c1-2-5-4-12-6(3-10)7(9)8(5)11/h4H,2H2,1H3,(H2,11,12). The van der Waals surface area contributed by atoms with Crippen LogP contribution in [0.5, 0.6) is 0 Å². The van der Waals surface area contributed by atoms with Crippen molar-refractivity contribution in [1.82, 2.24) is 4.98 Å². The first-order valence-corrected chi connectivity index (χ1v) is 3.53. The highest BCUT2D eigenvalue weighted by molar-refractivity contribution is 5.50. The fraction of sp³-hybridized carbons (Fsp3) is 0.250. The number of pyridine rings is 1. The molecule has 12 heavy (non-hydrogen) atoms. The molecule has 1 heterocycles. The average molecular weight is 165 g/mol. The van der Waals surface area contributed by atoms with Crippen LogP contribution < -0.4 is 5.73 Å². The smallest absolute Gasteiger partial charge is 0.182 e. The summed E-state index contributed by atoms with van der Waals surface area (Å²) in [7, 11) is 0. The molecular formula is C8H8FN3. The Bertz CT molecular complexity index is 341. The number of nitrogens with two attached hydrogens (primary N) is 1. The van der Waals surface area contributed by atoms with Crippen LogP contribution in [0.25, 0.3) is 0 Å². The maximum atomic E-state index is 13.0. The summed E-state index contributed by atoms with van der Waals surface area (Å²) in [6, 6.07) is 1.62. The first-order chi connectivity index (χ1) is 5.70. The Morgan fingerprint density at radius 3 is 2.92 bits per heavy atom. The van der Waals surface area contributed by atoms with Gasteiger partial charge in [-0.2, -0.15) is 5.26 Å². The molecule has 2 N–H and O–H groups in total. The van der Waals surface area contributed by atoms with Gasteiger partial charge in [-0.1, -0.05) is 6.92 Å². The number of nitrogen functional groups attached to an aromatic ring is 1. The lowest BCUT2D eigenvalue weighted by atomic mass is 10.1. The number of halogens is 1. The van der Waals surface area contributed by atoms with Crippen LogP contribution in [-0.2, 0) is 6.42 Å². The summed E-state index contributed by atoms with van der Waals surface area (Å²) in [4.78, 5) is 3.61. The minimum absolute atomic E-state index is 0.0315. The molecule has 0 saturated heterocycles. The SMILES string of the molecule is CCc1cnc(C#N)c(F)c1N. The van der Waals surface area contributed by atoms with Gasteiger partial charge in [-0.25, -0.2) is 9.37 Å². The Labute approximate surface area is 69.6 Å². The number of hydrogen-bond donors (Lipinski definition) is 1. The third-order valence-electron chi connectivity index (χ3n) is 1.63.